The summed E-state index contributed by atoms with van der Waals surface area (Å²) < 4.78 is 0. The molecule has 0 heterocycles. The van der Waals surface area contributed by atoms with Crippen molar-refractivity contribution in [2.45, 2.75) is 63.2 Å². The van der Waals surface area contributed by atoms with Gasteiger partial charge in [-0.3, -0.25) is 0 Å². The first kappa shape index (κ1) is 22.4. The van der Waals surface area contributed by atoms with Crippen molar-refractivity contribution in [1.82, 2.24) is 0 Å². The van der Waals surface area contributed by atoms with E-state index in [1.165, 1.54) is 69.8 Å². The summed E-state index contributed by atoms with van der Waals surface area (Å²) >= 11 is 0. The van der Waals surface area contributed by atoms with E-state index in [-0.39, 0.29) is 10.8 Å². The third kappa shape index (κ3) is 2.43. The van der Waals surface area contributed by atoms with Gasteiger partial charge in [-0.1, -0.05) is 137 Å². The van der Waals surface area contributed by atoms with Gasteiger partial charge in [0.15, 0.2) is 0 Å². The largest absolute Gasteiger partial charge is 0.0654 e. The van der Waals surface area contributed by atoms with Crippen molar-refractivity contribution in [2.24, 2.45) is 0 Å². The van der Waals surface area contributed by atoms with Gasteiger partial charge in [0.25, 0.3) is 0 Å². The monoisotopic (exact) mass is 490 g/mol. The zero-order valence-electron chi connectivity index (χ0n) is 22.5. The van der Waals surface area contributed by atoms with E-state index in [9.17, 15) is 0 Å². The first-order chi connectivity index (χ1) is 18.8. The van der Waals surface area contributed by atoms with Crippen LogP contribution in [0.2, 0.25) is 0 Å². The predicted molar refractivity (Wildman–Crippen MR) is 160 cm³/mol. The SMILES string of the molecule is CCCC[C@@]12c3ccccc3-c3c1c1c(c4ccccc34)-c3ccccc3[C@]1(CCCC)c1ccccc12. The second-order valence-electron chi connectivity index (χ2n) is 11.7. The molecule has 5 aromatic carbocycles. The van der Waals surface area contributed by atoms with Crippen LogP contribution >= 0.6 is 0 Å². The van der Waals surface area contributed by atoms with Crippen molar-refractivity contribution in [2.75, 3.05) is 0 Å². The van der Waals surface area contributed by atoms with Crippen LogP contribution in [0.5, 0.6) is 0 Å². The van der Waals surface area contributed by atoms with Gasteiger partial charge in [0.2, 0.25) is 0 Å². The molecule has 0 fully saturated rings. The Kier molecular flexibility index (Phi) is 4.67. The number of rotatable bonds is 6. The van der Waals surface area contributed by atoms with Gasteiger partial charge < -0.3 is 0 Å². The molecule has 0 spiro atoms. The minimum Gasteiger partial charge on any atom is -0.0654 e. The Bertz CT molecular complexity index is 1630. The Morgan fingerprint density at radius 1 is 0.447 bits per heavy atom. The Balaban J connectivity index is 1.67. The van der Waals surface area contributed by atoms with Gasteiger partial charge in [-0.2, -0.15) is 0 Å². The Hall–Kier alpha value is -3.64. The summed E-state index contributed by atoms with van der Waals surface area (Å²) in [6.45, 7) is 4.69. The van der Waals surface area contributed by atoms with E-state index in [1.807, 2.05) is 0 Å². The van der Waals surface area contributed by atoms with Gasteiger partial charge in [-0.05, 0) is 79.2 Å². The van der Waals surface area contributed by atoms with Crippen molar-refractivity contribution in [1.29, 1.82) is 0 Å². The molecule has 0 nitrogen and oxygen atoms in total. The minimum atomic E-state index is -0.0929. The maximum atomic E-state index is 2.49. The fourth-order valence-corrected chi connectivity index (χ4v) is 8.73. The third-order valence-electron chi connectivity index (χ3n) is 10.0. The molecule has 186 valence electrons. The van der Waals surface area contributed by atoms with Crippen LogP contribution in [0.4, 0.5) is 0 Å². The molecule has 2 atom stereocenters. The van der Waals surface area contributed by atoms with Crippen molar-refractivity contribution in [3.63, 3.8) is 0 Å². The van der Waals surface area contributed by atoms with Crippen LogP contribution in [0.25, 0.3) is 33.0 Å². The van der Waals surface area contributed by atoms with Crippen LogP contribution in [-0.2, 0) is 10.8 Å². The molecule has 3 aliphatic rings. The zero-order valence-corrected chi connectivity index (χ0v) is 22.5. The highest BCUT2D eigenvalue weighted by molar-refractivity contribution is 6.14. The molecule has 38 heavy (non-hydrogen) atoms. The predicted octanol–water partition coefficient (Wildman–Crippen LogP) is 10.2. The summed E-state index contributed by atoms with van der Waals surface area (Å²) in [5, 5.41) is 2.85. The lowest BCUT2D eigenvalue weighted by molar-refractivity contribution is 0.459. The molecule has 0 N–H and O–H groups in total. The molecular weight excluding hydrogens is 456 g/mol. The molecule has 0 aliphatic heterocycles. The highest BCUT2D eigenvalue weighted by atomic mass is 14.6. The molecule has 0 unspecified atom stereocenters. The smallest absolute Gasteiger partial charge is 0.0470 e. The topological polar surface area (TPSA) is 0 Å². The van der Waals surface area contributed by atoms with Crippen molar-refractivity contribution in [3.8, 4) is 22.3 Å². The van der Waals surface area contributed by atoms with Gasteiger partial charge in [-0.15, -0.1) is 0 Å². The van der Waals surface area contributed by atoms with E-state index >= 15 is 0 Å². The van der Waals surface area contributed by atoms with Crippen molar-refractivity contribution in [3.05, 3.63) is 130 Å². The quantitative estimate of drug-likeness (QED) is 0.222. The van der Waals surface area contributed by atoms with Gasteiger partial charge in [-0.25, -0.2) is 0 Å². The molecule has 5 aromatic rings. The molecule has 0 radical (unpaired) electrons. The average Bonchev–Trinajstić information content (AvgIpc) is 3.45. The number of unbranched alkanes of at least 4 members (excludes halogenated alkanes) is 2. The van der Waals surface area contributed by atoms with Gasteiger partial charge in [0.1, 0.15) is 0 Å². The lowest BCUT2D eigenvalue weighted by atomic mass is 9.54. The summed E-state index contributed by atoms with van der Waals surface area (Å²) in [6, 6.07) is 37.6. The standard InChI is InChI=1S/C38H34/c1-3-5-23-37-29-19-11-9-17-27(29)33-25-15-7-8-16-26(25)34-28-18-10-12-20-30(28)38(24-6-4-2,36(34)35(33)37)32-22-14-13-21-31(32)37/h7-22H,3-6,23-24H2,1-2H3/t37-,38+. The van der Waals surface area contributed by atoms with Crippen LogP contribution in [0, 0.1) is 0 Å². The third-order valence-corrected chi connectivity index (χ3v) is 10.0. The Morgan fingerprint density at radius 3 is 1.24 bits per heavy atom. The molecule has 8 rings (SSSR count). The molecule has 3 aliphatic carbocycles. The molecular formula is C38H34. The summed E-state index contributed by atoms with van der Waals surface area (Å²) in [5.41, 5.74) is 15.2. The Labute approximate surface area is 226 Å². The van der Waals surface area contributed by atoms with E-state index in [0.29, 0.717) is 0 Å². The first-order valence-electron chi connectivity index (χ1n) is 14.7. The molecule has 0 aromatic heterocycles. The van der Waals surface area contributed by atoms with Crippen LogP contribution < -0.4 is 0 Å². The van der Waals surface area contributed by atoms with Crippen LogP contribution in [-0.4, -0.2) is 0 Å². The molecule has 0 bridgehead atoms. The van der Waals surface area contributed by atoms with Crippen molar-refractivity contribution < 1.29 is 0 Å². The van der Waals surface area contributed by atoms with Crippen LogP contribution in [0.3, 0.4) is 0 Å². The van der Waals surface area contributed by atoms with E-state index in [0.717, 1.165) is 12.8 Å². The molecule has 0 heteroatoms. The lowest BCUT2D eigenvalue weighted by Crippen LogP contribution is -2.42. The molecule has 0 saturated heterocycles. The zero-order chi connectivity index (χ0) is 25.5. The summed E-state index contributed by atoms with van der Waals surface area (Å²) in [5.74, 6) is 0. The number of hydrogen-bond donors (Lipinski definition) is 0. The second-order valence-corrected chi connectivity index (χ2v) is 11.7. The maximum Gasteiger partial charge on any atom is 0.0470 e. The number of hydrogen-bond acceptors (Lipinski definition) is 0. The Morgan fingerprint density at radius 2 is 0.816 bits per heavy atom. The highest BCUT2D eigenvalue weighted by Gasteiger charge is 2.59. The lowest BCUT2D eigenvalue weighted by Gasteiger charge is -2.48. The fraction of sp³-hybridized carbons (Fsp3) is 0.263. The second kappa shape index (κ2) is 7.93. The van der Waals surface area contributed by atoms with Gasteiger partial charge >= 0.3 is 0 Å². The summed E-state index contributed by atoms with van der Waals surface area (Å²) in [4.78, 5) is 0. The van der Waals surface area contributed by atoms with Crippen LogP contribution in [0.15, 0.2) is 97.1 Å². The summed E-state index contributed by atoms with van der Waals surface area (Å²) in [7, 11) is 0. The van der Waals surface area contributed by atoms with Crippen LogP contribution in [0.1, 0.15) is 85.8 Å². The van der Waals surface area contributed by atoms with Gasteiger partial charge in [0.05, 0.1) is 0 Å². The minimum absolute atomic E-state index is 0.0929. The fourth-order valence-electron chi connectivity index (χ4n) is 8.73. The average molecular weight is 491 g/mol. The highest BCUT2D eigenvalue weighted by Crippen LogP contribution is 2.70. The number of benzene rings is 5. The van der Waals surface area contributed by atoms with E-state index < -0.39 is 0 Å². The molecule has 0 amide bonds. The molecule has 0 saturated carbocycles. The maximum absolute atomic E-state index is 2.49. The van der Waals surface area contributed by atoms with E-state index in [2.05, 4.69) is 111 Å². The van der Waals surface area contributed by atoms with E-state index in [4.69, 9.17) is 0 Å². The van der Waals surface area contributed by atoms with Crippen molar-refractivity contribution >= 4 is 10.8 Å². The first-order valence-corrected chi connectivity index (χ1v) is 14.7. The van der Waals surface area contributed by atoms with Gasteiger partial charge in [0, 0.05) is 10.8 Å². The van der Waals surface area contributed by atoms with E-state index in [1.54, 1.807) is 22.3 Å². The summed E-state index contributed by atoms with van der Waals surface area (Å²) in [6.07, 6.45) is 7.18. The normalized spacial score (nSPS) is 21.2. The number of fused-ring (bicyclic) bond motifs is 12.